The Labute approximate surface area is 103 Å². The molecule has 0 N–H and O–H groups in total. The monoisotopic (exact) mass is 306 g/mol. The molecule has 2 rings (SSSR count). The van der Waals surface area contributed by atoms with Crippen molar-refractivity contribution in [3.8, 4) is 11.4 Å². The van der Waals surface area contributed by atoms with E-state index in [1.807, 2.05) is 6.92 Å². The fourth-order valence-corrected chi connectivity index (χ4v) is 1.57. The van der Waals surface area contributed by atoms with Gasteiger partial charge in [-0.3, -0.25) is 0 Å². The van der Waals surface area contributed by atoms with E-state index in [0.717, 1.165) is 10.0 Å². The van der Waals surface area contributed by atoms with Gasteiger partial charge in [-0.25, -0.2) is 0 Å². The average molecular weight is 307 g/mol. The van der Waals surface area contributed by atoms with Crippen LogP contribution in [-0.2, 0) is 6.18 Å². The van der Waals surface area contributed by atoms with E-state index < -0.39 is 12.1 Å². The number of alkyl halides is 3. The first-order chi connectivity index (χ1) is 7.88. The number of benzene rings is 1. The number of halogens is 4. The van der Waals surface area contributed by atoms with Crippen LogP contribution in [0.1, 0.15) is 11.5 Å². The van der Waals surface area contributed by atoms with Crippen LogP contribution in [0.25, 0.3) is 11.4 Å². The summed E-state index contributed by atoms with van der Waals surface area (Å²) in [5.74, 6) is -1.43. The van der Waals surface area contributed by atoms with Crippen molar-refractivity contribution in [2.75, 3.05) is 0 Å². The van der Waals surface area contributed by atoms with Crippen LogP contribution in [0.4, 0.5) is 13.2 Å². The van der Waals surface area contributed by atoms with Crippen LogP contribution in [-0.4, -0.2) is 10.1 Å². The Morgan fingerprint density at radius 2 is 2.00 bits per heavy atom. The van der Waals surface area contributed by atoms with Crippen LogP contribution in [0.2, 0.25) is 0 Å². The molecule has 0 spiro atoms. The molecule has 0 unspecified atom stereocenters. The Bertz CT molecular complexity index is 551. The molecule has 0 amide bonds. The molecule has 0 aliphatic heterocycles. The minimum Gasteiger partial charge on any atom is -0.329 e. The van der Waals surface area contributed by atoms with Gasteiger partial charge in [0.05, 0.1) is 0 Å². The molecule has 17 heavy (non-hydrogen) atoms. The molecule has 0 bridgehead atoms. The topological polar surface area (TPSA) is 38.9 Å². The van der Waals surface area contributed by atoms with Crippen LogP contribution in [0.5, 0.6) is 0 Å². The smallest absolute Gasteiger partial charge is 0.329 e. The normalized spacial score (nSPS) is 11.8. The van der Waals surface area contributed by atoms with Crippen molar-refractivity contribution < 1.29 is 17.7 Å². The summed E-state index contributed by atoms with van der Waals surface area (Å²) in [5.41, 5.74) is 1.43. The van der Waals surface area contributed by atoms with Crippen molar-refractivity contribution in [2.24, 2.45) is 0 Å². The molecular formula is C10H6BrF3N2O. The highest BCUT2D eigenvalue weighted by Crippen LogP contribution is 2.30. The predicted molar refractivity (Wildman–Crippen MR) is 57.2 cm³/mol. The number of aryl methyl sites for hydroxylation is 1. The molecule has 0 saturated heterocycles. The highest BCUT2D eigenvalue weighted by atomic mass is 79.9. The molecule has 0 aliphatic rings. The zero-order valence-corrected chi connectivity index (χ0v) is 10.1. The molecule has 0 radical (unpaired) electrons. The number of aromatic nitrogens is 2. The highest BCUT2D eigenvalue weighted by Gasteiger charge is 2.38. The SMILES string of the molecule is Cc1ccc(-c2noc(C(F)(F)F)n2)cc1Br. The van der Waals surface area contributed by atoms with Crippen molar-refractivity contribution in [1.82, 2.24) is 10.1 Å². The van der Waals surface area contributed by atoms with Gasteiger partial charge in [-0.15, -0.1) is 0 Å². The molecule has 2 aromatic rings. The number of hydrogen-bond acceptors (Lipinski definition) is 3. The summed E-state index contributed by atoms with van der Waals surface area (Å²) in [6.07, 6.45) is -4.62. The van der Waals surface area contributed by atoms with Crippen molar-refractivity contribution in [3.05, 3.63) is 34.1 Å². The van der Waals surface area contributed by atoms with E-state index >= 15 is 0 Å². The van der Waals surface area contributed by atoms with Gasteiger partial charge in [0.2, 0.25) is 5.82 Å². The molecule has 1 aromatic heterocycles. The van der Waals surface area contributed by atoms with E-state index in [1.165, 1.54) is 0 Å². The molecule has 0 atom stereocenters. The third-order valence-corrected chi connectivity index (χ3v) is 2.95. The average Bonchev–Trinajstić information content (AvgIpc) is 2.70. The summed E-state index contributed by atoms with van der Waals surface area (Å²) in [6.45, 7) is 1.87. The number of nitrogens with zero attached hydrogens (tertiary/aromatic N) is 2. The maximum atomic E-state index is 12.3. The summed E-state index contributed by atoms with van der Waals surface area (Å²) in [6, 6.07) is 5.02. The first kappa shape index (κ1) is 12.1. The molecule has 7 heteroatoms. The summed E-state index contributed by atoms with van der Waals surface area (Å²) in [5, 5.41) is 3.30. The number of hydrogen-bond donors (Lipinski definition) is 0. The van der Waals surface area contributed by atoms with Gasteiger partial charge in [0, 0.05) is 10.0 Å². The molecule has 0 aliphatic carbocycles. The van der Waals surface area contributed by atoms with E-state index in [9.17, 15) is 13.2 Å². The zero-order chi connectivity index (χ0) is 12.6. The standard InChI is InChI=1S/C10H6BrF3N2O/c1-5-2-3-6(4-7(5)11)8-15-9(17-16-8)10(12,13)14/h2-4H,1H3. The highest BCUT2D eigenvalue weighted by molar-refractivity contribution is 9.10. The molecule has 1 aromatic carbocycles. The fourth-order valence-electron chi connectivity index (χ4n) is 1.19. The maximum absolute atomic E-state index is 12.3. The van der Waals surface area contributed by atoms with Crippen molar-refractivity contribution in [2.45, 2.75) is 13.1 Å². The van der Waals surface area contributed by atoms with E-state index in [1.54, 1.807) is 18.2 Å². The minimum absolute atomic E-state index is 0.0852. The van der Waals surface area contributed by atoms with Crippen LogP contribution in [0.3, 0.4) is 0 Å². The lowest BCUT2D eigenvalue weighted by atomic mass is 10.1. The van der Waals surface area contributed by atoms with Crippen molar-refractivity contribution in [3.63, 3.8) is 0 Å². The van der Waals surface area contributed by atoms with Gasteiger partial charge in [-0.2, -0.15) is 18.2 Å². The number of rotatable bonds is 1. The first-order valence-electron chi connectivity index (χ1n) is 4.55. The summed E-state index contributed by atoms with van der Waals surface area (Å²) in [7, 11) is 0. The second-order valence-electron chi connectivity index (χ2n) is 3.38. The molecular weight excluding hydrogens is 301 g/mol. The molecule has 0 fully saturated rings. The predicted octanol–water partition coefficient (Wildman–Crippen LogP) is 3.83. The third kappa shape index (κ3) is 2.49. The Morgan fingerprint density at radius 3 is 2.53 bits per heavy atom. The van der Waals surface area contributed by atoms with Gasteiger partial charge in [0.1, 0.15) is 0 Å². The Kier molecular flexibility index (Phi) is 2.94. The van der Waals surface area contributed by atoms with Crippen LogP contribution in [0.15, 0.2) is 27.2 Å². The lowest BCUT2D eigenvalue weighted by Crippen LogP contribution is -2.04. The minimum atomic E-state index is -4.62. The Hall–Kier alpha value is -1.37. The quantitative estimate of drug-likeness (QED) is 0.804. The lowest BCUT2D eigenvalue weighted by molar-refractivity contribution is -0.159. The van der Waals surface area contributed by atoms with Gasteiger partial charge in [0.25, 0.3) is 0 Å². The van der Waals surface area contributed by atoms with E-state index in [-0.39, 0.29) is 5.82 Å². The summed E-state index contributed by atoms with van der Waals surface area (Å²) >= 11 is 3.28. The zero-order valence-electron chi connectivity index (χ0n) is 8.55. The fraction of sp³-hybridized carbons (Fsp3) is 0.200. The maximum Gasteiger partial charge on any atom is 0.471 e. The largest absolute Gasteiger partial charge is 0.471 e. The van der Waals surface area contributed by atoms with Gasteiger partial charge in [-0.1, -0.05) is 33.2 Å². The molecule has 3 nitrogen and oxygen atoms in total. The van der Waals surface area contributed by atoms with E-state index in [0.29, 0.717) is 5.56 Å². The van der Waals surface area contributed by atoms with Gasteiger partial charge < -0.3 is 4.52 Å². The summed E-state index contributed by atoms with van der Waals surface area (Å²) in [4.78, 5) is 3.30. The van der Waals surface area contributed by atoms with Gasteiger partial charge in [0.15, 0.2) is 0 Å². The second-order valence-corrected chi connectivity index (χ2v) is 4.24. The molecule has 0 saturated carbocycles. The lowest BCUT2D eigenvalue weighted by Gasteiger charge is -1.99. The summed E-state index contributed by atoms with van der Waals surface area (Å²) < 4.78 is 41.7. The van der Waals surface area contributed by atoms with E-state index in [4.69, 9.17) is 0 Å². The Morgan fingerprint density at radius 1 is 1.29 bits per heavy atom. The van der Waals surface area contributed by atoms with Crippen molar-refractivity contribution in [1.29, 1.82) is 0 Å². The van der Waals surface area contributed by atoms with Crippen molar-refractivity contribution >= 4 is 15.9 Å². The third-order valence-electron chi connectivity index (χ3n) is 2.10. The first-order valence-corrected chi connectivity index (χ1v) is 5.34. The van der Waals surface area contributed by atoms with Crippen LogP contribution in [0, 0.1) is 6.92 Å². The second kappa shape index (κ2) is 4.14. The van der Waals surface area contributed by atoms with E-state index in [2.05, 4.69) is 30.6 Å². The van der Waals surface area contributed by atoms with Gasteiger partial charge in [-0.05, 0) is 18.6 Å². The van der Waals surface area contributed by atoms with Crippen LogP contribution >= 0.6 is 15.9 Å². The van der Waals surface area contributed by atoms with Crippen LogP contribution < -0.4 is 0 Å². The molecule has 90 valence electrons. The molecule has 1 heterocycles. The van der Waals surface area contributed by atoms with Gasteiger partial charge >= 0.3 is 12.1 Å². The Balaban J connectivity index is 2.40.